The summed E-state index contributed by atoms with van der Waals surface area (Å²) in [6, 6.07) is 2.86. The molecule has 4 heteroatoms. The molecule has 0 unspecified atom stereocenters. The zero-order valence-corrected chi connectivity index (χ0v) is 6.94. The molecule has 0 atom stereocenters. The molecular formula is C9H7NO3. The van der Waals surface area contributed by atoms with Crippen LogP contribution >= 0.6 is 0 Å². The number of fused-ring (bicyclic) bond motifs is 1. The highest BCUT2D eigenvalue weighted by atomic mass is 16.3. The summed E-state index contributed by atoms with van der Waals surface area (Å²) in [4.78, 5) is 15.1. The Morgan fingerprint density at radius 2 is 2.23 bits per heavy atom. The van der Waals surface area contributed by atoms with Gasteiger partial charge < -0.3 is 9.52 Å². The normalized spacial score (nSPS) is 10.5. The fraction of sp³-hybridized carbons (Fsp3) is 0.111. The van der Waals surface area contributed by atoms with Crippen LogP contribution in [0.1, 0.15) is 5.56 Å². The van der Waals surface area contributed by atoms with Crippen LogP contribution in [0.25, 0.3) is 11.1 Å². The third-order valence-electron chi connectivity index (χ3n) is 1.80. The van der Waals surface area contributed by atoms with Gasteiger partial charge in [0, 0.05) is 11.6 Å². The van der Waals surface area contributed by atoms with E-state index in [9.17, 15) is 4.79 Å². The molecule has 2 rings (SSSR count). The summed E-state index contributed by atoms with van der Waals surface area (Å²) >= 11 is 0. The van der Waals surface area contributed by atoms with Crippen molar-refractivity contribution < 1.29 is 9.52 Å². The standard InChI is InChI=1S/C9H7NO3/c1-5-4-13-9-6(8(5)12)2-3-7(11)10-9/h2-4H,1H3,(H,10,11). The maximum absolute atomic E-state index is 11.5. The summed E-state index contributed by atoms with van der Waals surface area (Å²) in [6.45, 7) is 1.66. The van der Waals surface area contributed by atoms with Gasteiger partial charge in [-0.25, -0.2) is 0 Å². The van der Waals surface area contributed by atoms with E-state index in [2.05, 4.69) is 4.98 Å². The molecule has 0 fully saturated rings. The molecule has 0 aliphatic rings. The molecule has 2 heterocycles. The van der Waals surface area contributed by atoms with Gasteiger partial charge in [-0.3, -0.25) is 4.79 Å². The van der Waals surface area contributed by atoms with Crippen molar-refractivity contribution >= 4 is 11.1 Å². The zero-order valence-electron chi connectivity index (χ0n) is 6.94. The van der Waals surface area contributed by atoms with Crippen LogP contribution in [0.3, 0.4) is 0 Å². The van der Waals surface area contributed by atoms with Gasteiger partial charge in [0.15, 0.2) is 5.43 Å². The average molecular weight is 177 g/mol. The second-order valence-corrected chi connectivity index (χ2v) is 2.77. The lowest BCUT2D eigenvalue weighted by Crippen LogP contribution is -2.04. The third-order valence-corrected chi connectivity index (χ3v) is 1.80. The quantitative estimate of drug-likeness (QED) is 0.656. The van der Waals surface area contributed by atoms with Gasteiger partial charge in [-0.1, -0.05) is 0 Å². The summed E-state index contributed by atoms with van der Waals surface area (Å²) in [5, 5.41) is 9.40. The number of aromatic nitrogens is 1. The number of aryl methyl sites for hydroxylation is 1. The maximum Gasteiger partial charge on any atom is 0.233 e. The average Bonchev–Trinajstić information content (AvgIpc) is 2.12. The van der Waals surface area contributed by atoms with Gasteiger partial charge in [0.2, 0.25) is 11.6 Å². The minimum atomic E-state index is -0.153. The van der Waals surface area contributed by atoms with Gasteiger partial charge in [0.05, 0.1) is 11.6 Å². The Balaban J connectivity index is 2.95. The fourth-order valence-corrected chi connectivity index (χ4v) is 1.10. The van der Waals surface area contributed by atoms with E-state index in [1.165, 1.54) is 18.4 Å². The summed E-state index contributed by atoms with van der Waals surface area (Å²) in [5.74, 6) is -0.153. The number of hydrogen-bond acceptors (Lipinski definition) is 4. The van der Waals surface area contributed by atoms with Crippen molar-refractivity contribution in [3.63, 3.8) is 0 Å². The first kappa shape index (κ1) is 7.79. The van der Waals surface area contributed by atoms with Crippen LogP contribution in [-0.4, -0.2) is 10.1 Å². The molecule has 0 aromatic carbocycles. The highest BCUT2D eigenvalue weighted by Gasteiger charge is 2.04. The molecule has 4 nitrogen and oxygen atoms in total. The molecule has 0 bridgehead atoms. The van der Waals surface area contributed by atoms with Crippen LogP contribution < -0.4 is 5.43 Å². The van der Waals surface area contributed by atoms with Crippen molar-refractivity contribution in [1.29, 1.82) is 0 Å². The summed E-state index contributed by atoms with van der Waals surface area (Å²) < 4.78 is 5.03. The Bertz CT molecular complexity index is 516. The Labute approximate surface area is 73.5 Å². The first-order chi connectivity index (χ1) is 6.18. The van der Waals surface area contributed by atoms with Crippen LogP contribution in [0.2, 0.25) is 0 Å². The maximum atomic E-state index is 11.5. The van der Waals surface area contributed by atoms with E-state index in [1.807, 2.05) is 0 Å². The summed E-state index contributed by atoms with van der Waals surface area (Å²) in [6.07, 6.45) is 1.33. The third kappa shape index (κ3) is 1.16. The molecule has 0 aliphatic heterocycles. The smallest absolute Gasteiger partial charge is 0.233 e. The predicted molar refractivity (Wildman–Crippen MR) is 46.7 cm³/mol. The fourth-order valence-electron chi connectivity index (χ4n) is 1.10. The van der Waals surface area contributed by atoms with Crippen LogP contribution in [0, 0.1) is 6.92 Å². The van der Waals surface area contributed by atoms with Crippen molar-refractivity contribution in [2.45, 2.75) is 6.92 Å². The largest absolute Gasteiger partial charge is 0.493 e. The van der Waals surface area contributed by atoms with Crippen LogP contribution in [0.4, 0.5) is 0 Å². The SMILES string of the molecule is Cc1coc2nc(O)ccc2c1=O. The van der Waals surface area contributed by atoms with E-state index in [0.29, 0.717) is 10.9 Å². The van der Waals surface area contributed by atoms with Crippen molar-refractivity contribution in [3.8, 4) is 5.88 Å². The monoisotopic (exact) mass is 177 g/mol. The molecule has 13 heavy (non-hydrogen) atoms. The Kier molecular flexibility index (Phi) is 1.55. The van der Waals surface area contributed by atoms with E-state index in [4.69, 9.17) is 9.52 Å². The number of hydrogen-bond donors (Lipinski definition) is 1. The van der Waals surface area contributed by atoms with Crippen LogP contribution in [0.15, 0.2) is 27.6 Å². The molecule has 1 N–H and O–H groups in total. The second-order valence-electron chi connectivity index (χ2n) is 2.77. The zero-order chi connectivity index (χ0) is 9.42. The van der Waals surface area contributed by atoms with Gasteiger partial charge in [-0.05, 0) is 13.0 Å². The molecule has 2 aromatic heterocycles. The van der Waals surface area contributed by atoms with Gasteiger partial charge in [0.25, 0.3) is 0 Å². The molecule has 0 amide bonds. The summed E-state index contributed by atoms with van der Waals surface area (Å²) in [5.41, 5.74) is 0.573. The molecular weight excluding hydrogens is 170 g/mol. The summed E-state index contributed by atoms with van der Waals surface area (Å²) in [7, 11) is 0. The van der Waals surface area contributed by atoms with E-state index in [1.54, 1.807) is 6.92 Å². The second kappa shape index (κ2) is 2.58. The van der Waals surface area contributed by atoms with Crippen molar-refractivity contribution in [2.24, 2.45) is 0 Å². The van der Waals surface area contributed by atoms with Gasteiger partial charge in [0.1, 0.15) is 0 Å². The van der Waals surface area contributed by atoms with Gasteiger partial charge in [-0.15, -0.1) is 0 Å². The van der Waals surface area contributed by atoms with Crippen LogP contribution in [-0.2, 0) is 0 Å². The molecule has 0 spiro atoms. The number of aromatic hydroxyl groups is 1. The number of pyridine rings is 1. The minimum absolute atomic E-state index is 0.117. The first-order valence-corrected chi connectivity index (χ1v) is 3.76. The van der Waals surface area contributed by atoms with Crippen LogP contribution in [0.5, 0.6) is 5.88 Å². The lowest BCUT2D eigenvalue weighted by molar-refractivity contribution is 0.450. The van der Waals surface area contributed by atoms with E-state index >= 15 is 0 Å². The molecule has 0 saturated carbocycles. The van der Waals surface area contributed by atoms with E-state index in [-0.39, 0.29) is 17.0 Å². The number of rotatable bonds is 0. The van der Waals surface area contributed by atoms with E-state index < -0.39 is 0 Å². The predicted octanol–water partition coefficient (Wildman–Crippen LogP) is 1.20. The highest BCUT2D eigenvalue weighted by molar-refractivity contribution is 5.73. The van der Waals surface area contributed by atoms with Gasteiger partial charge in [-0.2, -0.15) is 4.98 Å². The van der Waals surface area contributed by atoms with E-state index in [0.717, 1.165) is 0 Å². The van der Waals surface area contributed by atoms with Gasteiger partial charge >= 0.3 is 0 Å². The van der Waals surface area contributed by atoms with Crippen molar-refractivity contribution in [3.05, 3.63) is 34.2 Å². The highest BCUT2D eigenvalue weighted by Crippen LogP contribution is 2.12. The number of nitrogens with zero attached hydrogens (tertiary/aromatic N) is 1. The van der Waals surface area contributed by atoms with Crippen molar-refractivity contribution in [1.82, 2.24) is 4.98 Å². The van der Waals surface area contributed by atoms with Crippen molar-refractivity contribution in [2.75, 3.05) is 0 Å². The Hall–Kier alpha value is -1.84. The minimum Gasteiger partial charge on any atom is -0.493 e. The topological polar surface area (TPSA) is 63.3 Å². The molecule has 2 aromatic rings. The molecule has 0 radical (unpaired) electrons. The molecule has 0 aliphatic carbocycles. The lowest BCUT2D eigenvalue weighted by Gasteiger charge is -1.96. The lowest BCUT2D eigenvalue weighted by atomic mass is 10.2. The molecule has 0 saturated heterocycles. The Morgan fingerprint density at radius 1 is 1.46 bits per heavy atom. The molecule has 66 valence electrons. The first-order valence-electron chi connectivity index (χ1n) is 3.76. The Morgan fingerprint density at radius 3 is 3.00 bits per heavy atom.